The summed E-state index contributed by atoms with van der Waals surface area (Å²) in [5, 5.41) is 10.5. The smallest absolute Gasteiger partial charge is 0.226 e. The average molecular weight is 481 g/mol. The minimum absolute atomic E-state index is 0. The molecule has 150 valence electrons. The number of nitrogens with zero attached hydrogens (tertiary/aromatic N) is 3. The van der Waals surface area contributed by atoms with E-state index in [-0.39, 0.29) is 30.1 Å². The molecule has 1 aromatic heterocycles. The maximum Gasteiger partial charge on any atom is 0.226 e. The quantitative estimate of drug-likeness (QED) is 0.229. The summed E-state index contributed by atoms with van der Waals surface area (Å²) in [5.41, 5.74) is 0. The normalized spacial score (nSPS) is 17.4. The summed E-state index contributed by atoms with van der Waals surface area (Å²) < 4.78 is 16.3. The van der Waals surface area contributed by atoms with Crippen LogP contribution < -0.4 is 10.6 Å². The van der Waals surface area contributed by atoms with Gasteiger partial charge in [0.15, 0.2) is 11.8 Å². The molecule has 2 rings (SSSR count). The van der Waals surface area contributed by atoms with E-state index in [4.69, 9.17) is 14.0 Å². The Balaban J connectivity index is 0.00000338. The first-order valence-electron chi connectivity index (χ1n) is 9.15. The fourth-order valence-electron chi connectivity index (χ4n) is 2.44. The highest BCUT2D eigenvalue weighted by Gasteiger charge is 2.15. The lowest BCUT2D eigenvalue weighted by Crippen LogP contribution is -2.38. The van der Waals surface area contributed by atoms with Gasteiger partial charge in [-0.2, -0.15) is 4.98 Å². The van der Waals surface area contributed by atoms with Crippen molar-refractivity contribution in [1.82, 2.24) is 20.8 Å². The molecule has 1 saturated heterocycles. The van der Waals surface area contributed by atoms with Crippen molar-refractivity contribution in [2.24, 2.45) is 4.99 Å². The van der Waals surface area contributed by atoms with Gasteiger partial charge in [-0.25, -0.2) is 0 Å². The molecule has 2 heterocycles. The highest BCUT2D eigenvalue weighted by molar-refractivity contribution is 14.0. The van der Waals surface area contributed by atoms with Crippen molar-refractivity contribution in [3.8, 4) is 0 Å². The monoisotopic (exact) mass is 481 g/mol. The number of aryl methyl sites for hydroxylation is 1. The summed E-state index contributed by atoms with van der Waals surface area (Å²) in [6, 6.07) is 0. The molecule has 8 nitrogen and oxygen atoms in total. The van der Waals surface area contributed by atoms with Crippen molar-refractivity contribution in [1.29, 1.82) is 0 Å². The molecular weight excluding hydrogens is 449 g/mol. The molecule has 9 heteroatoms. The van der Waals surface area contributed by atoms with Crippen molar-refractivity contribution in [2.45, 2.75) is 51.6 Å². The van der Waals surface area contributed by atoms with E-state index in [2.05, 4.69) is 39.6 Å². The highest BCUT2D eigenvalue weighted by atomic mass is 127. The maximum absolute atomic E-state index is 5.74. The standard InChI is InChI=1S/C17H31N5O3.HI/c1-13(2)16-21-15(25-22-16)6-4-8-19-17(18-3)20-9-5-10-24-14-7-11-23-12-14;/h13-14H,4-12H2,1-3H3,(H2,18,19,20);1H. The lowest BCUT2D eigenvalue weighted by molar-refractivity contribution is 0.0420. The van der Waals surface area contributed by atoms with E-state index in [1.54, 1.807) is 7.05 Å². The number of aliphatic imine (C=N–C) groups is 1. The summed E-state index contributed by atoms with van der Waals surface area (Å²) >= 11 is 0. The second-order valence-corrected chi connectivity index (χ2v) is 6.44. The van der Waals surface area contributed by atoms with Gasteiger partial charge in [0, 0.05) is 45.7 Å². The molecule has 1 aliphatic rings. The van der Waals surface area contributed by atoms with Crippen LogP contribution in [0.15, 0.2) is 9.52 Å². The van der Waals surface area contributed by atoms with E-state index < -0.39 is 0 Å². The molecule has 0 saturated carbocycles. The van der Waals surface area contributed by atoms with Crippen LogP contribution in [0.25, 0.3) is 0 Å². The maximum atomic E-state index is 5.74. The number of hydrogen-bond donors (Lipinski definition) is 2. The van der Waals surface area contributed by atoms with Gasteiger partial charge in [-0.15, -0.1) is 24.0 Å². The number of hydrogen-bond acceptors (Lipinski definition) is 6. The fourth-order valence-corrected chi connectivity index (χ4v) is 2.44. The van der Waals surface area contributed by atoms with E-state index in [9.17, 15) is 0 Å². The predicted octanol–water partition coefficient (Wildman–Crippen LogP) is 2.10. The van der Waals surface area contributed by atoms with Crippen molar-refractivity contribution in [3.63, 3.8) is 0 Å². The zero-order valence-electron chi connectivity index (χ0n) is 16.0. The second kappa shape index (κ2) is 13.3. The SMILES string of the molecule is CN=C(NCCCOC1CCOC1)NCCCc1nc(C(C)C)no1.I. The van der Waals surface area contributed by atoms with Crippen LogP contribution in [0.1, 0.15) is 50.7 Å². The van der Waals surface area contributed by atoms with Gasteiger partial charge in [0.05, 0.1) is 12.7 Å². The lowest BCUT2D eigenvalue weighted by Gasteiger charge is -2.13. The molecule has 0 spiro atoms. The predicted molar refractivity (Wildman–Crippen MR) is 111 cm³/mol. The number of aromatic nitrogens is 2. The molecule has 0 bridgehead atoms. The van der Waals surface area contributed by atoms with Gasteiger partial charge in [-0.1, -0.05) is 19.0 Å². The van der Waals surface area contributed by atoms with Crippen molar-refractivity contribution >= 4 is 29.9 Å². The van der Waals surface area contributed by atoms with Gasteiger partial charge in [-0.05, 0) is 19.3 Å². The summed E-state index contributed by atoms with van der Waals surface area (Å²) in [4.78, 5) is 8.59. The van der Waals surface area contributed by atoms with Crippen LogP contribution in [0.5, 0.6) is 0 Å². The van der Waals surface area contributed by atoms with Crippen molar-refractivity contribution in [3.05, 3.63) is 11.7 Å². The molecule has 1 aliphatic heterocycles. The zero-order chi connectivity index (χ0) is 17.9. The molecule has 1 atom stereocenters. The molecule has 1 fully saturated rings. The Kier molecular flexibility index (Phi) is 11.8. The van der Waals surface area contributed by atoms with Gasteiger partial charge < -0.3 is 24.6 Å². The zero-order valence-corrected chi connectivity index (χ0v) is 18.3. The van der Waals surface area contributed by atoms with Crippen LogP contribution >= 0.6 is 24.0 Å². The van der Waals surface area contributed by atoms with Crippen LogP contribution in [0.3, 0.4) is 0 Å². The van der Waals surface area contributed by atoms with E-state index in [0.29, 0.717) is 11.8 Å². The fraction of sp³-hybridized carbons (Fsp3) is 0.824. The molecule has 1 unspecified atom stereocenters. The van der Waals surface area contributed by atoms with Crippen LogP contribution in [0, 0.1) is 0 Å². The minimum Gasteiger partial charge on any atom is -0.379 e. The third-order valence-corrected chi connectivity index (χ3v) is 3.94. The van der Waals surface area contributed by atoms with Crippen LogP contribution in [-0.2, 0) is 15.9 Å². The Morgan fingerprint density at radius 1 is 1.31 bits per heavy atom. The number of ether oxygens (including phenoxy) is 2. The first-order chi connectivity index (χ1) is 12.2. The Morgan fingerprint density at radius 2 is 2.08 bits per heavy atom. The number of guanidine groups is 1. The van der Waals surface area contributed by atoms with Gasteiger partial charge in [0.1, 0.15) is 0 Å². The number of rotatable bonds is 10. The summed E-state index contributed by atoms with van der Waals surface area (Å²) in [7, 11) is 1.77. The summed E-state index contributed by atoms with van der Waals surface area (Å²) in [6.07, 6.45) is 3.90. The highest BCUT2D eigenvalue weighted by Crippen LogP contribution is 2.10. The number of nitrogens with one attached hydrogen (secondary N) is 2. The average Bonchev–Trinajstić information content (AvgIpc) is 3.28. The third kappa shape index (κ3) is 8.63. The van der Waals surface area contributed by atoms with Crippen molar-refractivity contribution in [2.75, 3.05) is 40.0 Å². The topological polar surface area (TPSA) is 93.8 Å². The van der Waals surface area contributed by atoms with E-state index in [1.165, 1.54) is 0 Å². The van der Waals surface area contributed by atoms with Gasteiger partial charge in [0.2, 0.25) is 5.89 Å². The Hall–Kier alpha value is -0.940. The van der Waals surface area contributed by atoms with Crippen LogP contribution in [-0.4, -0.2) is 62.2 Å². The first kappa shape index (κ1) is 23.1. The molecular formula is C17H32IN5O3. The molecule has 0 amide bonds. The van der Waals surface area contributed by atoms with Crippen LogP contribution in [0.2, 0.25) is 0 Å². The molecule has 0 radical (unpaired) electrons. The van der Waals surface area contributed by atoms with Gasteiger partial charge in [0.25, 0.3) is 0 Å². The third-order valence-electron chi connectivity index (χ3n) is 3.94. The van der Waals surface area contributed by atoms with Crippen LogP contribution in [0.4, 0.5) is 0 Å². The molecule has 0 aliphatic carbocycles. The first-order valence-corrected chi connectivity index (χ1v) is 9.15. The largest absolute Gasteiger partial charge is 0.379 e. The van der Waals surface area contributed by atoms with Gasteiger partial charge in [-0.3, -0.25) is 4.99 Å². The van der Waals surface area contributed by atoms with Gasteiger partial charge >= 0.3 is 0 Å². The van der Waals surface area contributed by atoms with E-state index in [1.807, 2.05) is 0 Å². The molecule has 1 aromatic rings. The Morgan fingerprint density at radius 3 is 2.69 bits per heavy atom. The van der Waals surface area contributed by atoms with E-state index in [0.717, 1.165) is 70.4 Å². The van der Waals surface area contributed by atoms with Crippen molar-refractivity contribution < 1.29 is 14.0 Å². The molecule has 2 N–H and O–H groups in total. The summed E-state index contributed by atoms with van der Waals surface area (Å²) in [6.45, 7) is 8.03. The van der Waals surface area contributed by atoms with E-state index >= 15 is 0 Å². The molecule has 26 heavy (non-hydrogen) atoms. The summed E-state index contributed by atoms with van der Waals surface area (Å²) in [5.74, 6) is 2.56. The second-order valence-electron chi connectivity index (χ2n) is 6.44. The minimum atomic E-state index is 0. The number of halogens is 1. The lowest BCUT2D eigenvalue weighted by atomic mass is 10.2. The molecule has 0 aromatic carbocycles. The Bertz CT molecular complexity index is 518. The Labute approximate surface area is 172 Å².